The third-order valence-electron chi connectivity index (χ3n) is 2.00. The predicted molar refractivity (Wildman–Crippen MR) is 67.0 cm³/mol. The van der Waals surface area contributed by atoms with Crippen LogP contribution in [0.2, 0.25) is 0 Å². The SMILES string of the molecule is CNc1nc(SCC(=O)OC)nc(-n2cncn2)n1. The average Bonchev–Trinajstić information content (AvgIpc) is 2.98. The summed E-state index contributed by atoms with van der Waals surface area (Å²) in [6.07, 6.45) is 2.85. The van der Waals surface area contributed by atoms with Gasteiger partial charge in [-0.25, -0.2) is 4.98 Å². The number of methoxy groups -OCH3 is 1. The smallest absolute Gasteiger partial charge is 0.316 e. The number of carbonyl (C=O) groups excluding carboxylic acids is 1. The molecule has 0 bridgehead atoms. The second-order valence-electron chi connectivity index (χ2n) is 3.20. The quantitative estimate of drug-likeness (QED) is 0.586. The van der Waals surface area contributed by atoms with E-state index in [1.807, 2.05) is 0 Å². The van der Waals surface area contributed by atoms with Crippen LogP contribution in [0.1, 0.15) is 0 Å². The molecule has 10 heteroatoms. The number of aromatic nitrogens is 6. The molecule has 2 aromatic heterocycles. The Labute approximate surface area is 112 Å². The normalized spacial score (nSPS) is 10.2. The van der Waals surface area contributed by atoms with Gasteiger partial charge in [0.05, 0.1) is 12.9 Å². The molecule has 0 fully saturated rings. The number of thioether (sulfide) groups is 1. The Balaban J connectivity index is 2.23. The summed E-state index contributed by atoms with van der Waals surface area (Å²) in [7, 11) is 3.02. The number of anilines is 1. The molecule has 0 aliphatic carbocycles. The molecule has 0 saturated heterocycles. The molecule has 0 amide bonds. The van der Waals surface area contributed by atoms with Gasteiger partial charge in [-0.05, 0) is 0 Å². The molecule has 0 aromatic carbocycles. The summed E-state index contributed by atoms with van der Waals surface area (Å²) < 4.78 is 5.96. The highest BCUT2D eigenvalue weighted by Crippen LogP contribution is 2.15. The Hall–Kier alpha value is -2.23. The van der Waals surface area contributed by atoms with Crippen LogP contribution in [0.5, 0.6) is 0 Å². The van der Waals surface area contributed by atoms with Gasteiger partial charge in [0.25, 0.3) is 5.95 Å². The summed E-state index contributed by atoms with van der Waals surface area (Å²) in [4.78, 5) is 27.4. The van der Waals surface area contributed by atoms with Crippen LogP contribution in [-0.2, 0) is 9.53 Å². The van der Waals surface area contributed by atoms with Crippen molar-refractivity contribution < 1.29 is 9.53 Å². The maximum absolute atomic E-state index is 11.1. The Morgan fingerprint density at radius 3 is 2.95 bits per heavy atom. The van der Waals surface area contributed by atoms with Gasteiger partial charge in [0, 0.05) is 7.05 Å². The minimum absolute atomic E-state index is 0.125. The van der Waals surface area contributed by atoms with E-state index in [0.717, 1.165) is 11.8 Å². The molecule has 0 radical (unpaired) electrons. The van der Waals surface area contributed by atoms with Crippen molar-refractivity contribution in [3.05, 3.63) is 12.7 Å². The molecule has 100 valence electrons. The average molecular weight is 281 g/mol. The van der Waals surface area contributed by atoms with Crippen LogP contribution in [-0.4, -0.2) is 55.6 Å². The van der Waals surface area contributed by atoms with Crippen molar-refractivity contribution in [3.63, 3.8) is 0 Å². The molecule has 19 heavy (non-hydrogen) atoms. The summed E-state index contributed by atoms with van der Waals surface area (Å²) in [6.45, 7) is 0. The molecule has 0 saturated carbocycles. The first-order chi connectivity index (χ1) is 9.22. The molecule has 1 N–H and O–H groups in total. The van der Waals surface area contributed by atoms with Crippen molar-refractivity contribution in [1.29, 1.82) is 0 Å². The van der Waals surface area contributed by atoms with Crippen LogP contribution in [0.4, 0.5) is 5.95 Å². The van der Waals surface area contributed by atoms with Gasteiger partial charge in [-0.3, -0.25) is 4.79 Å². The molecule has 2 aromatic rings. The van der Waals surface area contributed by atoms with Crippen molar-refractivity contribution in [1.82, 2.24) is 29.7 Å². The third kappa shape index (κ3) is 3.37. The second kappa shape index (κ2) is 6.09. The molecule has 0 spiro atoms. The standard InChI is InChI=1S/C9H11N7O2S/c1-10-7-13-8(16-5-11-4-12-16)15-9(14-7)19-3-6(17)18-2/h4-5H,3H2,1-2H3,(H,10,13,14,15). The molecular formula is C9H11N7O2S. The van der Waals surface area contributed by atoms with Crippen LogP contribution in [0.25, 0.3) is 5.95 Å². The second-order valence-corrected chi connectivity index (χ2v) is 4.14. The largest absolute Gasteiger partial charge is 0.468 e. The predicted octanol–water partition coefficient (Wildman–Crippen LogP) is -0.241. The third-order valence-corrected chi connectivity index (χ3v) is 2.82. The Bertz CT molecular complexity index is 560. The van der Waals surface area contributed by atoms with Crippen LogP contribution < -0.4 is 5.32 Å². The van der Waals surface area contributed by atoms with Crippen molar-refractivity contribution in [2.45, 2.75) is 5.16 Å². The first-order valence-electron chi connectivity index (χ1n) is 5.21. The number of hydrogen-bond acceptors (Lipinski definition) is 9. The van der Waals surface area contributed by atoms with E-state index < -0.39 is 0 Å². The molecule has 9 nitrogen and oxygen atoms in total. The number of hydrogen-bond donors (Lipinski definition) is 1. The Morgan fingerprint density at radius 2 is 2.32 bits per heavy atom. The zero-order chi connectivity index (χ0) is 13.7. The maximum atomic E-state index is 11.1. The summed E-state index contributed by atoms with van der Waals surface area (Å²) >= 11 is 1.16. The number of esters is 1. The minimum atomic E-state index is -0.348. The van der Waals surface area contributed by atoms with Crippen LogP contribution in [0, 0.1) is 0 Å². The molecule has 0 aliphatic rings. The number of nitrogens with zero attached hydrogens (tertiary/aromatic N) is 6. The fourth-order valence-corrected chi connectivity index (χ4v) is 1.78. The summed E-state index contributed by atoms with van der Waals surface area (Å²) in [6, 6.07) is 0. The number of ether oxygens (including phenoxy) is 1. The lowest BCUT2D eigenvalue weighted by molar-refractivity contribution is -0.137. The van der Waals surface area contributed by atoms with Gasteiger partial charge in [0.15, 0.2) is 5.16 Å². The lowest BCUT2D eigenvalue weighted by Gasteiger charge is -2.05. The van der Waals surface area contributed by atoms with Crippen molar-refractivity contribution in [2.24, 2.45) is 0 Å². The van der Waals surface area contributed by atoms with Gasteiger partial charge in [-0.1, -0.05) is 11.8 Å². The highest BCUT2D eigenvalue weighted by atomic mass is 32.2. The van der Waals surface area contributed by atoms with Gasteiger partial charge in [0.2, 0.25) is 5.95 Å². The fourth-order valence-electron chi connectivity index (χ4n) is 1.12. The molecule has 0 aliphatic heterocycles. The Kier molecular flexibility index (Phi) is 4.23. The van der Waals surface area contributed by atoms with Gasteiger partial charge in [-0.2, -0.15) is 24.7 Å². The summed E-state index contributed by atoms with van der Waals surface area (Å²) in [5.41, 5.74) is 0. The molecule has 0 unspecified atom stereocenters. The minimum Gasteiger partial charge on any atom is -0.468 e. The fraction of sp³-hybridized carbons (Fsp3) is 0.333. The number of carbonyl (C=O) groups is 1. The number of rotatable bonds is 5. The molecular weight excluding hydrogens is 270 g/mol. The van der Waals surface area contributed by atoms with Gasteiger partial charge in [-0.15, -0.1) is 0 Å². The lowest BCUT2D eigenvalue weighted by atomic mass is 10.8. The number of nitrogens with one attached hydrogen (secondary N) is 1. The van der Waals surface area contributed by atoms with Crippen molar-refractivity contribution in [2.75, 3.05) is 25.2 Å². The zero-order valence-electron chi connectivity index (χ0n) is 10.3. The summed E-state index contributed by atoms with van der Waals surface area (Å²) in [5.74, 6) is 0.483. The maximum Gasteiger partial charge on any atom is 0.316 e. The topological polar surface area (TPSA) is 108 Å². The summed E-state index contributed by atoms with van der Waals surface area (Å²) in [5, 5.41) is 7.15. The van der Waals surface area contributed by atoms with Gasteiger partial charge >= 0.3 is 5.97 Å². The highest BCUT2D eigenvalue weighted by molar-refractivity contribution is 7.99. The monoisotopic (exact) mass is 281 g/mol. The van der Waals surface area contributed by atoms with E-state index in [4.69, 9.17) is 0 Å². The first kappa shape index (κ1) is 13.2. The van der Waals surface area contributed by atoms with Crippen LogP contribution in [0.15, 0.2) is 17.8 Å². The van der Waals surface area contributed by atoms with Crippen molar-refractivity contribution >= 4 is 23.7 Å². The van der Waals surface area contributed by atoms with E-state index in [1.165, 1.54) is 24.4 Å². The van der Waals surface area contributed by atoms with Crippen molar-refractivity contribution in [3.8, 4) is 5.95 Å². The molecule has 2 rings (SSSR count). The van der Waals surface area contributed by atoms with Gasteiger partial charge in [0.1, 0.15) is 12.7 Å². The van der Waals surface area contributed by atoms with E-state index in [2.05, 4.69) is 35.1 Å². The van der Waals surface area contributed by atoms with Gasteiger partial charge < -0.3 is 10.1 Å². The lowest BCUT2D eigenvalue weighted by Crippen LogP contribution is -2.09. The van der Waals surface area contributed by atoms with Crippen LogP contribution in [0.3, 0.4) is 0 Å². The molecule has 2 heterocycles. The Morgan fingerprint density at radius 1 is 1.47 bits per heavy atom. The van der Waals surface area contributed by atoms with E-state index in [-0.39, 0.29) is 11.7 Å². The van der Waals surface area contributed by atoms with E-state index in [9.17, 15) is 4.79 Å². The highest BCUT2D eigenvalue weighted by Gasteiger charge is 2.10. The van der Waals surface area contributed by atoms with E-state index >= 15 is 0 Å². The van der Waals surface area contributed by atoms with Crippen LogP contribution >= 0.6 is 11.8 Å². The van der Waals surface area contributed by atoms with E-state index in [1.54, 1.807) is 7.05 Å². The first-order valence-corrected chi connectivity index (χ1v) is 6.20. The van der Waals surface area contributed by atoms with E-state index in [0.29, 0.717) is 17.1 Å². The molecule has 0 atom stereocenters. The zero-order valence-corrected chi connectivity index (χ0v) is 11.1.